The molecule has 0 saturated carbocycles. The second kappa shape index (κ2) is 9.01. The molecule has 0 fully saturated rings. The van der Waals surface area contributed by atoms with Gasteiger partial charge in [0, 0.05) is 18.7 Å². The van der Waals surface area contributed by atoms with Crippen molar-refractivity contribution < 1.29 is 14.4 Å². The first-order chi connectivity index (χ1) is 13.1. The van der Waals surface area contributed by atoms with Crippen LogP contribution in [-0.2, 0) is 9.63 Å². The Balaban J connectivity index is 1.53. The lowest BCUT2D eigenvalue weighted by molar-refractivity contribution is -0.107. The minimum Gasteiger partial charge on any atom is -0.390 e. The first kappa shape index (κ1) is 19.4. The van der Waals surface area contributed by atoms with Gasteiger partial charge in [0.2, 0.25) is 6.41 Å². The number of nitrogens with one attached hydrogen (secondary N) is 1. The van der Waals surface area contributed by atoms with Crippen molar-refractivity contribution in [1.29, 1.82) is 0 Å². The Hall–Kier alpha value is -2.38. The summed E-state index contributed by atoms with van der Waals surface area (Å²) < 4.78 is 0.582. The third-order valence-electron chi connectivity index (χ3n) is 4.14. The number of halogens is 1. The van der Waals surface area contributed by atoms with Gasteiger partial charge in [0.1, 0.15) is 6.10 Å². The Morgan fingerprint density at radius 2 is 2.15 bits per heavy atom. The van der Waals surface area contributed by atoms with Crippen LogP contribution in [0.2, 0.25) is 4.34 Å². The van der Waals surface area contributed by atoms with Crippen LogP contribution in [0.5, 0.6) is 0 Å². The Labute approximate surface area is 166 Å². The van der Waals surface area contributed by atoms with Gasteiger partial charge in [0.25, 0.3) is 5.91 Å². The Morgan fingerprint density at radius 1 is 1.37 bits per heavy atom. The van der Waals surface area contributed by atoms with Crippen molar-refractivity contribution in [3.8, 4) is 0 Å². The standard InChI is InChI=1S/C19H20ClN3O3S/c1-2-9-23(12-24)14-5-3-13(4-6-14)16-10-15(26-22-16)11-21-19(25)17-7-8-18(20)27-17/h3-8,12,15H,2,9-11H2,1H3,(H,21,25). The van der Waals surface area contributed by atoms with E-state index in [9.17, 15) is 9.59 Å². The predicted octanol–water partition coefficient (Wildman–Crippen LogP) is 3.70. The molecule has 1 N–H and O–H groups in total. The van der Waals surface area contributed by atoms with Gasteiger partial charge in [-0.1, -0.05) is 35.8 Å². The minimum absolute atomic E-state index is 0.168. The highest BCUT2D eigenvalue weighted by Gasteiger charge is 2.23. The summed E-state index contributed by atoms with van der Waals surface area (Å²) in [6, 6.07) is 11.1. The maximum atomic E-state index is 12.1. The van der Waals surface area contributed by atoms with E-state index in [4.69, 9.17) is 16.4 Å². The molecule has 1 aliphatic heterocycles. The fourth-order valence-corrected chi connectivity index (χ4v) is 3.73. The Kier molecular flexibility index (Phi) is 6.47. The Bertz CT molecular complexity index is 835. The van der Waals surface area contributed by atoms with Crippen LogP contribution < -0.4 is 10.2 Å². The van der Waals surface area contributed by atoms with Gasteiger partial charge in [-0.2, -0.15) is 0 Å². The zero-order chi connectivity index (χ0) is 19.2. The van der Waals surface area contributed by atoms with Crippen molar-refractivity contribution in [2.24, 2.45) is 5.16 Å². The van der Waals surface area contributed by atoms with E-state index in [0.717, 1.165) is 29.8 Å². The Morgan fingerprint density at radius 3 is 2.78 bits per heavy atom. The number of amides is 2. The molecule has 0 saturated heterocycles. The topological polar surface area (TPSA) is 71.0 Å². The van der Waals surface area contributed by atoms with Gasteiger partial charge >= 0.3 is 0 Å². The molecule has 3 rings (SSSR count). The summed E-state index contributed by atoms with van der Waals surface area (Å²) >= 11 is 7.09. The number of thiophene rings is 1. The van der Waals surface area contributed by atoms with Crippen molar-refractivity contribution in [3.63, 3.8) is 0 Å². The molecule has 1 aromatic heterocycles. The molecule has 2 amide bonds. The third kappa shape index (κ3) is 4.87. The molecule has 27 heavy (non-hydrogen) atoms. The van der Waals surface area contributed by atoms with Gasteiger partial charge in [0.05, 0.1) is 21.5 Å². The maximum Gasteiger partial charge on any atom is 0.261 e. The van der Waals surface area contributed by atoms with Crippen LogP contribution in [0.15, 0.2) is 41.6 Å². The van der Waals surface area contributed by atoms with Crippen LogP contribution >= 0.6 is 22.9 Å². The summed E-state index contributed by atoms with van der Waals surface area (Å²) in [5.41, 5.74) is 2.63. The number of anilines is 1. The highest BCUT2D eigenvalue weighted by molar-refractivity contribution is 7.17. The minimum atomic E-state index is -0.203. The fraction of sp³-hybridized carbons (Fsp3) is 0.316. The van der Waals surface area contributed by atoms with E-state index in [1.54, 1.807) is 17.0 Å². The SMILES string of the molecule is CCCN(C=O)c1ccc(C2=NOC(CNC(=O)c3ccc(Cl)s3)C2)cc1. The highest BCUT2D eigenvalue weighted by Crippen LogP contribution is 2.22. The molecular weight excluding hydrogens is 386 g/mol. The summed E-state index contributed by atoms with van der Waals surface area (Å²) in [5, 5.41) is 6.98. The van der Waals surface area contributed by atoms with Crippen molar-refractivity contribution in [3.05, 3.63) is 51.2 Å². The molecule has 1 aliphatic rings. The molecule has 8 heteroatoms. The molecular formula is C19H20ClN3O3S. The lowest BCUT2D eigenvalue weighted by Gasteiger charge is -2.16. The molecule has 1 atom stereocenters. The number of hydrogen-bond acceptors (Lipinski definition) is 5. The molecule has 1 unspecified atom stereocenters. The largest absolute Gasteiger partial charge is 0.390 e. The number of oxime groups is 1. The second-order valence-electron chi connectivity index (χ2n) is 6.13. The van der Waals surface area contributed by atoms with Gasteiger partial charge in [-0.25, -0.2) is 0 Å². The number of carbonyl (C=O) groups is 2. The van der Waals surface area contributed by atoms with Crippen LogP contribution in [0, 0.1) is 0 Å². The van der Waals surface area contributed by atoms with Crippen LogP contribution in [0.25, 0.3) is 0 Å². The average Bonchev–Trinajstić information content (AvgIpc) is 3.33. The number of rotatable bonds is 8. The van der Waals surface area contributed by atoms with E-state index in [1.807, 2.05) is 31.2 Å². The fourth-order valence-electron chi connectivity index (χ4n) is 2.77. The number of hydrogen-bond donors (Lipinski definition) is 1. The summed E-state index contributed by atoms with van der Waals surface area (Å²) in [5.74, 6) is -0.168. The van der Waals surface area contributed by atoms with Crippen molar-refractivity contribution in [1.82, 2.24) is 5.32 Å². The lowest BCUT2D eigenvalue weighted by atomic mass is 10.0. The van der Waals surface area contributed by atoms with Crippen LogP contribution in [0.4, 0.5) is 5.69 Å². The van der Waals surface area contributed by atoms with Gasteiger partial charge < -0.3 is 15.1 Å². The van der Waals surface area contributed by atoms with E-state index >= 15 is 0 Å². The average molecular weight is 406 g/mol. The van der Waals surface area contributed by atoms with E-state index in [0.29, 0.717) is 28.7 Å². The van der Waals surface area contributed by atoms with Crippen LogP contribution in [-0.4, -0.2) is 37.2 Å². The van der Waals surface area contributed by atoms with Crippen LogP contribution in [0.1, 0.15) is 35.0 Å². The predicted molar refractivity (Wildman–Crippen MR) is 108 cm³/mol. The summed E-state index contributed by atoms with van der Waals surface area (Å²) in [6.45, 7) is 3.08. The van der Waals surface area contributed by atoms with Gasteiger partial charge in [0.15, 0.2) is 0 Å². The summed E-state index contributed by atoms with van der Waals surface area (Å²) in [6.07, 6.45) is 2.14. The molecule has 1 aromatic carbocycles. The first-order valence-corrected chi connectivity index (χ1v) is 9.88. The van der Waals surface area contributed by atoms with Crippen molar-refractivity contribution in [2.75, 3.05) is 18.0 Å². The molecule has 2 heterocycles. The van der Waals surface area contributed by atoms with E-state index in [-0.39, 0.29) is 12.0 Å². The van der Waals surface area contributed by atoms with Gasteiger partial charge in [-0.3, -0.25) is 9.59 Å². The van der Waals surface area contributed by atoms with Crippen molar-refractivity contribution in [2.45, 2.75) is 25.9 Å². The summed E-state index contributed by atoms with van der Waals surface area (Å²) in [7, 11) is 0. The molecule has 6 nitrogen and oxygen atoms in total. The van der Waals surface area contributed by atoms with E-state index < -0.39 is 0 Å². The van der Waals surface area contributed by atoms with Crippen molar-refractivity contribution >= 4 is 46.7 Å². The number of carbonyl (C=O) groups excluding carboxylic acids is 2. The zero-order valence-electron chi connectivity index (χ0n) is 14.9. The first-order valence-electron chi connectivity index (χ1n) is 8.69. The van der Waals surface area contributed by atoms with E-state index in [2.05, 4.69) is 10.5 Å². The third-order valence-corrected chi connectivity index (χ3v) is 5.37. The van der Waals surface area contributed by atoms with Crippen LogP contribution in [0.3, 0.4) is 0 Å². The maximum absolute atomic E-state index is 12.1. The molecule has 0 bridgehead atoms. The van der Waals surface area contributed by atoms with E-state index in [1.165, 1.54) is 11.3 Å². The number of benzene rings is 1. The highest BCUT2D eigenvalue weighted by atomic mass is 35.5. The quantitative estimate of drug-likeness (QED) is 0.681. The van der Waals surface area contributed by atoms with Gasteiger partial charge in [-0.15, -0.1) is 11.3 Å². The number of nitrogens with zero attached hydrogens (tertiary/aromatic N) is 2. The summed E-state index contributed by atoms with van der Waals surface area (Å²) in [4.78, 5) is 30.9. The second-order valence-corrected chi connectivity index (χ2v) is 7.84. The lowest BCUT2D eigenvalue weighted by Crippen LogP contribution is -2.31. The molecule has 142 valence electrons. The van der Waals surface area contributed by atoms with Gasteiger partial charge in [-0.05, 0) is 36.2 Å². The molecule has 2 aromatic rings. The molecule has 0 aliphatic carbocycles. The monoisotopic (exact) mass is 405 g/mol. The smallest absolute Gasteiger partial charge is 0.261 e. The normalized spacial score (nSPS) is 15.8. The zero-order valence-corrected chi connectivity index (χ0v) is 16.4. The molecule has 0 radical (unpaired) electrons. The molecule has 0 spiro atoms.